The zero-order valence-corrected chi connectivity index (χ0v) is 19.1. The number of benzene rings is 1. The lowest BCUT2D eigenvalue weighted by molar-refractivity contribution is 0.384. The molecule has 0 radical (unpaired) electrons. The van der Waals surface area contributed by atoms with Gasteiger partial charge in [0.2, 0.25) is 5.95 Å². The van der Waals surface area contributed by atoms with Gasteiger partial charge < -0.3 is 15.1 Å². The van der Waals surface area contributed by atoms with Crippen molar-refractivity contribution in [1.29, 1.82) is 5.26 Å². The maximum absolute atomic E-state index is 12.6. The van der Waals surface area contributed by atoms with E-state index in [1.165, 1.54) is 31.4 Å². The Hall–Kier alpha value is -3.67. The Kier molecular flexibility index (Phi) is 5.09. The van der Waals surface area contributed by atoms with Crippen LogP contribution in [0.1, 0.15) is 38.5 Å². The molecule has 2 saturated heterocycles. The molecule has 0 unspecified atom stereocenters. The number of aromatic nitrogens is 4. The number of rotatable bonds is 4. The number of hydrogen-bond acceptors (Lipinski definition) is 8. The summed E-state index contributed by atoms with van der Waals surface area (Å²) < 4.78 is 0. The van der Waals surface area contributed by atoms with Crippen LogP contribution in [0, 0.1) is 22.7 Å². The van der Waals surface area contributed by atoms with Crippen LogP contribution < -0.4 is 20.7 Å². The highest BCUT2D eigenvalue weighted by Crippen LogP contribution is 2.53. The first kappa shape index (κ1) is 20.9. The van der Waals surface area contributed by atoms with Crippen molar-refractivity contribution in [2.45, 2.75) is 38.5 Å². The van der Waals surface area contributed by atoms with E-state index in [-0.39, 0.29) is 11.5 Å². The number of hydrogen-bond donors (Lipinski definition) is 2. The highest BCUT2D eigenvalue weighted by Gasteiger charge is 2.44. The van der Waals surface area contributed by atoms with Gasteiger partial charge >= 0.3 is 0 Å². The van der Waals surface area contributed by atoms with Crippen LogP contribution in [0.3, 0.4) is 0 Å². The summed E-state index contributed by atoms with van der Waals surface area (Å²) in [5.74, 6) is 1.09. The summed E-state index contributed by atoms with van der Waals surface area (Å²) >= 11 is 0. The largest absolute Gasteiger partial charge is 0.371 e. The van der Waals surface area contributed by atoms with E-state index in [2.05, 4.69) is 48.5 Å². The van der Waals surface area contributed by atoms with Crippen molar-refractivity contribution in [3.05, 3.63) is 40.8 Å². The summed E-state index contributed by atoms with van der Waals surface area (Å²) in [4.78, 5) is 26.5. The Morgan fingerprint density at radius 2 is 1.74 bits per heavy atom. The predicted molar refractivity (Wildman–Crippen MR) is 131 cm³/mol. The van der Waals surface area contributed by atoms with Gasteiger partial charge in [0.25, 0.3) is 5.56 Å². The molecule has 1 saturated carbocycles. The van der Waals surface area contributed by atoms with Crippen LogP contribution in [0.25, 0.3) is 10.9 Å². The second-order valence-corrected chi connectivity index (χ2v) is 9.88. The van der Waals surface area contributed by atoms with Crippen LogP contribution >= 0.6 is 0 Å². The molecular weight excluding hydrogens is 428 g/mol. The molecule has 3 aromatic rings. The van der Waals surface area contributed by atoms with Crippen LogP contribution in [-0.2, 0) is 0 Å². The second kappa shape index (κ2) is 8.28. The normalized spacial score (nSPS) is 19.9. The molecule has 1 aromatic carbocycles. The second-order valence-electron chi connectivity index (χ2n) is 9.88. The van der Waals surface area contributed by atoms with E-state index in [1.54, 1.807) is 6.20 Å². The van der Waals surface area contributed by atoms with Gasteiger partial charge in [0, 0.05) is 43.5 Å². The van der Waals surface area contributed by atoms with E-state index in [4.69, 9.17) is 4.98 Å². The SMILES string of the molecule is N#CC1CCN(c2nc(Nc3ccc(N4CCC5(CC4)CC5)cc3)c3c(=O)[nH]ncc3n2)CC1. The lowest BCUT2D eigenvalue weighted by Gasteiger charge is -2.34. The van der Waals surface area contributed by atoms with Crippen molar-refractivity contribution in [3.63, 3.8) is 0 Å². The van der Waals surface area contributed by atoms with Crippen LogP contribution in [0.2, 0.25) is 0 Å². The molecule has 3 aliphatic rings. The van der Waals surface area contributed by atoms with Crippen molar-refractivity contribution in [2.75, 3.05) is 41.3 Å². The first-order valence-electron chi connectivity index (χ1n) is 12.1. The van der Waals surface area contributed by atoms with Gasteiger partial charge in [-0.3, -0.25) is 4.79 Å². The van der Waals surface area contributed by atoms with E-state index >= 15 is 0 Å². The minimum Gasteiger partial charge on any atom is -0.371 e. The number of H-pyrrole nitrogens is 1. The van der Waals surface area contributed by atoms with Crippen molar-refractivity contribution in [3.8, 4) is 6.07 Å². The molecule has 1 aliphatic carbocycles. The number of nitrogens with one attached hydrogen (secondary N) is 2. The third-order valence-corrected chi connectivity index (χ3v) is 7.74. The average Bonchev–Trinajstić information content (AvgIpc) is 3.63. The molecule has 9 heteroatoms. The van der Waals surface area contributed by atoms with Gasteiger partial charge in [0.05, 0.1) is 12.3 Å². The van der Waals surface area contributed by atoms with E-state index in [1.807, 2.05) is 12.1 Å². The highest BCUT2D eigenvalue weighted by molar-refractivity contribution is 5.90. The maximum atomic E-state index is 12.6. The average molecular weight is 457 g/mol. The number of fused-ring (bicyclic) bond motifs is 1. The molecule has 6 rings (SSSR count). The number of aromatic amines is 1. The summed E-state index contributed by atoms with van der Waals surface area (Å²) in [5, 5.41) is 19.4. The van der Waals surface area contributed by atoms with E-state index in [0.29, 0.717) is 41.2 Å². The van der Waals surface area contributed by atoms with Gasteiger partial charge in [-0.1, -0.05) is 0 Å². The zero-order valence-electron chi connectivity index (χ0n) is 19.1. The predicted octanol–water partition coefficient (Wildman–Crippen LogP) is 3.58. The Labute approximate surface area is 197 Å². The van der Waals surface area contributed by atoms with Gasteiger partial charge in [-0.2, -0.15) is 15.3 Å². The fraction of sp³-hybridized carbons (Fsp3) is 0.480. The minimum atomic E-state index is -0.325. The van der Waals surface area contributed by atoms with Crippen molar-refractivity contribution in [1.82, 2.24) is 20.2 Å². The molecule has 0 atom stereocenters. The maximum Gasteiger partial charge on any atom is 0.277 e. The first-order chi connectivity index (χ1) is 16.6. The highest BCUT2D eigenvalue weighted by atomic mass is 16.1. The third kappa shape index (κ3) is 3.94. The van der Waals surface area contributed by atoms with Crippen molar-refractivity contribution < 1.29 is 0 Å². The number of nitrogens with zero attached hydrogens (tertiary/aromatic N) is 6. The number of piperidine rings is 2. The molecule has 2 N–H and O–H groups in total. The minimum absolute atomic E-state index is 0.0760. The Morgan fingerprint density at radius 1 is 1.00 bits per heavy atom. The van der Waals surface area contributed by atoms with Crippen LogP contribution in [-0.4, -0.2) is 46.3 Å². The molecule has 2 aliphatic heterocycles. The van der Waals surface area contributed by atoms with Crippen molar-refractivity contribution >= 4 is 34.0 Å². The van der Waals surface area contributed by atoms with Crippen LogP contribution in [0.5, 0.6) is 0 Å². The number of nitriles is 1. The summed E-state index contributed by atoms with van der Waals surface area (Å²) in [6.45, 7) is 3.67. The smallest absolute Gasteiger partial charge is 0.277 e. The molecular formula is C25H28N8O. The molecule has 34 heavy (non-hydrogen) atoms. The quantitative estimate of drug-likeness (QED) is 0.612. The third-order valence-electron chi connectivity index (χ3n) is 7.74. The molecule has 0 bridgehead atoms. The summed E-state index contributed by atoms with van der Waals surface area (Å²) in [7, 11) is 0. The van der Waals surface area contributed by atoms with Crippen LogP contribution in [0.4, 0.5) is 23.1 Å². The fourth-order valence-electron chi connectivity index (χ4n) is 5.24. The van der Waals surface area contributed by atoms with E-state index in [9.17, 15) is 10.1 Å². The molecule has 9 nitrogen and oxygen atoms in total. The lowest BCUT2D eigenvalue weighted by Crippen LogP contribution is -2.34. The van der Waals surface area contributed by atoms with Gasteiger partial charge in [-0.15, -0.1) is 0 Å². The molecule has 2 aromatic heterocycles. The topological polar surface area (TPSA) is 114 Å². The van der Waals surface area contributed by atoms with Gasteiger partial charge in [0.15, 0.2) is 0 Å². The van der Waals surface area contributed by atoms with Gasteiger partial charge in [0.1, 0.15) is 16.7 Å². The summed E-state index contributed by atoms with van der Waals surface area (Å²) in [6, 6.07) is 10.7. The zero-order chi connectivity index (χ0) is 23.1. The molecule has 0 amide bonds. The number of anilines is 4. The molecule has 174 valence electrons. The standard InChI is InChI=1S/C25H28N8O/c26-15-17-5-11-33(12-6-17)24-29-20-16-27-31-23(34)21(20)22(30-24)28-18-1-3-19(4-2-18)32-13-9-25(7-8-25)10-14-32/h1-4,16-17H,5-14H2,(H,31,34)(H,28,29,30). The summed E-state index contributed by atoms with van der Waals surface area (Å²) in [5.41, 5.74) is 2.93. The fourth-order valence-corrected chi connectivity index (χ4v) is 5.24. The monoisotopic (exact) mass is 456 g/mol. The lowest BCUT2D eigenvalue weighted by atomic mass is 9.93. The first-order valence-corrected chi connectivity index (χ1v) is 12.1. The van der Waals surface area contributed by atoms with E-state index < -0.39 is 0 Å². The van der Waals surface area contributed by atoms with E-state index in [0.717, 1.165) is 31.6 Å². The van der Waals surface area contributed by atoms with Crippen LogP contribution in [0.15, 0.2) is 35.3 Å². The Morgan fingerprint density at radius 3 is 2.41 bits per heavy atom. The molecule has 1 spiro atoms. The van der Waals surface area contributed by atoms with Crippen molar-refractivity contribution in [2.24, 2.45) is 11.3 Å². The van der Waals surface area contributed by atoms with Gasteiger partial charge in [-0.25, -0.2) is 10.1 Å². The molecule has 3 fully saturated rings. The van der Waals surface area contributed by atoms with Gasteiger partial charge in [-0.05, 0) is 68.2 Å². The summed E-state index contributed by atoms with van der Waals surface area (Å²) in [6.07, 6.45) is 8.53. The Bertz CT molecular complexity index is 1290. The Balaban J connectivity index is 1.26. The molecule has 4 heterocycles.